The molecule has 0 radical (unpaired) electrons. The summed E-state index contributed by atoms with van der Waals surface area (Å²) in [7, 11) is 0. The molecule has 1 unspecified atom stereocenters. The molecule has 0 amide bonds. The molecule has 1 N–H and O–H groups in total. The quantitative estimate of drug-likeness (QED) is 0.693. The van der Waals surface area contributed by atoms with E-state index in [1.54, 1.807) is 6.07 Å². The van der Waals surface area contributed by atoms with E-state index in [1.807, 2.05) is 6.07 Å². The fourth-order valence-corrected chi connectivity index (χ4v) is 1.36. The molecule has 0 spiro atoms. The van der Waals surface area contributed by atoms with Gasteiger partial charge in [-0.15, -0.1) is 0 Å². The third kappa shape index (κ3) is 1.69. The highest BCUT2D eigenvalue weighted by Crippen LogP contribution is 2.07. The Morgan fingerprint density at radius 3 is 3.00 bits per heavy atom. The van der Waals surface area contributed by atoms with E-state index in [-0.39, 0.29) is 5.82 Å². The van der Waals surface area contributed by atoms with Crippen LogP contribution in [0.4, 0.5) is 4.39 Å². The van der Waals surface area contributed by atoms with Crippen molar-refractivity contribution in [1.29, 1.82) is 0 Å². The first-order valence-corrected chi connectivity index (χ1v) is 4.32. The van der Waals surface area contributed by atoms with E-state index in [0.29, 0.717) is 6.04 Å². The maximum Gasteiger partial charge on any atom is 0.128 e. The van der Waals surface area contributed by atoms with E-state index in [2.05, 4.69) is 17.2 Å². The summed E-state index contributed by atoms with van der Waals surface area (Å²) in [5.41, 5.74) is 0.823. The maximum atomic E-state index is 12.8. The topological polar surface area (TPSA) is 24.4 Å². The van der Waals surface area contributed by atoms with Crippen LogP contribution in [0, 0.1) is 5.82 Å². The second-order valence-electron chi connectivity index (χ2n) is 3.25. The van der Waals surface area contributed by atoms with Crippen molar-refractivity contribution < 1.29 is 4.39 Å². The first kappa shape index (κ1) is 8.23. The van der Waals surface area contributed by atoms with Crippen molar-refractivity contribution in [3.05, 3.63) is 35.6 Å². The van der Waals surface area contributed by atoms with Crippen LogP contribution in [0.1, 0.15) is 12.5 Å². The number of nitrogens with one attached hydrogen (secondary N) is 1. The zero-order valence-corrected chi connectivity index (χ0v) is 7.42. The molecule has 2 rings (SSSR count). The van der Waals surface area contributed by atoms with E-state index in [4.69, 9.17) is 0 Å². The standard InChI is InChI=1S/C10H11FN2/c1-7-6-12-10(13-7)8-3-2-4-9(11)5-8/h2-5,7H,6H2,1H3,(H,12,13). The lowest BCUT2D eigenvalue weighted by molar-refractivity contribution is 0.627. The fraction of sp³-hybridized carbons (Fsp3) is 0.300. The Balaban J connectivity index is 2.26. The van der Waals surface area contributed by atoms with Gasteiger partial charge in [-0.1, -0.05) is 12.1 Å². The van der Waals surface area contributed by atoms with Gasteiger partial charge in [0.1, 0.15) is 11.7 Å². The minimum atomic E-state index is -0.221. The van der Waals surface area contributed by atoms with Gasteiger partial charge in [0.25, 0.3) is 0 Å². The Morgan fingerprint density at radius 2 is 2.38 bits per heavy atom. The number of hydrogen-bond donors (Lipinski definition) is 1. The molecule has 0 fully saturated rings. The largest absolute Gasteiger partial charge is 0.366 e. The Bertz CT molecular complexity index is 347. The SMILES string of the molecule is CC1CN=C(c2cccc(F)c2)N1. The molecule has 1 aromatic carbocycles. The molecular formula is C10H11FN2. The zero-order chi connectivity index (χ0) is 9.26. The molecule has 0 saturated heterocycles. The second kappa shape index (κ2) is 3.17. The average Bonchev–Trinajstić information content (AvgIpc) is 2.52. The van der Waals surface area contributed by atoms with E-state index in [9.17, 15) is 4.39 Å². The highest BCUT2D eigenvalue weighted by atomic mass is 19.1. The van der Waals surface area contributed by atoms with Crippen molar-refractivity contribution in [2.24, 2.45) is 4.99 Å². The molecule has 0 saturated carbocycles. The van der Waals surface area contributed by atoms with Crippen LogP contribution < -0.4 is 5.32 Å². The van der Waals surface area contributed by atoms with Gasteiger partial charge >= 0.3 is 0 Å². The van der Waals surface area contributed by atoms with Crippen LogP contribution in [0.3, 0.4) is 0 Å². The Kier molecular flexibility index (Phi) is 2.00. The average molecular weight is 178 g/mol. The first-order chi connectivity index (χ1) is 6.25. The van der Waals surface area contributed by atoms with Gasteiger partial charge in [-0.3, -0.25) is 4.99 Å². The van der Waals surface area contributed by atoms with Crippen molar-refractivity contribution in [1.82, 2.24) is 5.32 Å². The molecule has 13 heavy (non-hydrogen) atoms. The smallest absolute Gasteiger partial charge is 0.128 e. The van der Waals surface area contributed by atoms with Crippen molar-refractivity contribution in [3.63, 3.8) is 0 Å². The summed E-state index contributed by atoms with van der Waals surface area (Å²) in [5, 5.41) is 3.18. The number of benzene rings is 1. The zero-order valence-electron chi connectivity index (χ0n) is 7.42. The molecule has 0 aliphatic carbocycles. The first-order valence-electron chi connectivity index (χ1n) is 4.32. The van der Waals surface area contributed by atoms with Gasteiger partial charge in [-0.2, -0.15) is 0 Å². The van der Waals surface area contributed by atoms with Crippen molar-refractivity contribution in [2.75, 3.05) is 6.54 Å². The maximum absolute atomic E-state index is 12.8. The normalized spacial score (nSPS) is 21.1. The number of hydrogen-bond acceptors (Lipinski definition) is 2. The lowest BCUT2D eigenvalue weighted by Gasteiger charge is -2.05. The lowest BCUT2D eigenvalue weighted by Crippen LogP contribution is -2.27. The van der Waals surface area contributed by atoms with E-state index < -0.39 is 0 Å². The summed E-state index contributed by atoms with van der Waals surface area (Å²) < 4.78 is 12.8. The summed E-state index contributed by atoms with van der Waals surface area (Å²) in [6, 6.07) is 6.83. The molecule has 3 heteroatoms. The molecule has 1 atom stereocenters. The molecule has 1 heterocycles. The third-order valence-corrected chi connectivity index (χ3v) is 2.00. The number of nitrogens with zero attached hydrogens (tertiary/aromatic N) is 1. The second-order valence-corrected chi connectivity index (χ2v) is 3.25. The van der Waals surface area contributed by atoms with Gasteiger partial charge in [-0.25, -0.2) is 4.39 Å². The van der Waals surface area contributed by atoms with Crippen LogP contribution in [0.15, 0.2) is 29.3 Å². The van der Waals surface area contributed by atoms with Crippen molar-refractivity contribution >= 4 is 5.84 Å². The Hall–Kier alpha value is -1.38. The Labute approximate surface area is 76.5 Å². The molecule has 1 aliphatic heterocycles. The van der Waals surface area contributed by atoms with Crippen molar-refractivity contribution in [2.45, 2.75) is 13.0 Å². The summed E-state index contributed by atoms with van der Waals surface area (Å²) >= 11 is 0. The molecule has 1 aliphatic rings. The van der Waals surface area contributed by atoms with Crippen LogP contribution >= 0.6 is 0 Å². The summed E-state index contributed by atoms with van der Waals surface area (Å²) in [6.07, 6.45) is 0. The van der Waals surface area contributed by atoms with Crippen LogP contribution in [-0.2, 0) is 0 Å². The molecule has 1 aromatic rings. The van der Waals surface area contributed by atoms with Crippen LogP contribution in [0.2, 0.25) is 0 Å². The molecule has 68 valence electrons. The number of rotatable bonds is 1. The minimum absolute atomic E-state index is 0.221. The van der Waals surface area contributed by atoms with Gasteiger partial charge in [0.05, 0.1) is 6.54 Å². The van der Waals surface area contributed by atoms with Gasteiger partial charge in [0.15, 0.2) is 0 Å². The monoisotopic (exact) mass is 178 g/mol. The summed E-state index contributed by atoms with van der Waals surface area (Å²) in [6.45, 7) is 2.82. The van der Waals surface area contributed by atoms with Gasteiger partial charge < -0.3 is 5.32 Å². The van der Waals surface area contributed by atoms with Gasteiger partial charge in [0, 0.05) is 11.6 Å². The van der Waals surface area contributed by atoms with Gasteiger partial charge in [-0.05, 0) is 19.1 Å². The highest BCUT2D eigenvalue weighted by molar-refractivity contribution is 5.99. The Morgan fingerprint density at radius 1 is 1.54 bits per heavy atom. The van der Waals surface area contributed by atoms with E-state index in [0.717, 1.165) is 17.9 Å². The van der Waals surface area contributed by atoms with E-state index >= 15 is 0 Å². The minimum Gasteiger partial charge on any atom is -0.366 e. The van der Waals surface area contributed by atoms with E-state index in [1.165, 1.54) is 12.1 Å². The third-order valence-electron chi connectivity index (χ3n) is 2.00. The molecule has 2 nitrogen and oxygen atoms in total. The van der Waals surface area contributed by atoms with Crippen molar-refractivity contribution in [3.8, 4) is 0 Å². The summed E-state index contributed by atoms with van der Waals surface area (Å²) in [4.78, 5) is 4.27. The van der Waals surface area contributed by atoms with Crippen LogP contribution in [-0.4, -0.2) is 18.4 Å². The predicted octanol–water partition coefficient (Wildman–Crippen LogP) is 1.56. The molecule has 0 aromatic heterocycles. The number of halogens is 1. The predicted molar refractivity (Wildman–Crippen MR) is 50.4 cm³/mol. The lowest BCUT2D eigenvalue weighted by atomic mass is 10.2. The molecular weight excluding hydrogens is 167 g/mol. The summed E-state index contributed by atoms with van der Waals surface area (Å²) in [5.74, 6) is 0.577. The van der Waals surface area contributed by atoms with Crippen LogP contribution in [0.25, 0.3) is 0 Å². The highest BCUT2D eigenvalue weighted by Gasteiger charge is 2.13. The van der Waals surface area contributed by atoms with Gasteiger partial charge in [0.2, 0.25) is 0 Å². The van der Waals surface area contributed by atoms with Crippen LogP contribution in [0.5, 0.6) is 0 Å². The number of aliphatic imine (C=N–C) groups is 1. The fourth-order valence-electron chi connectivity index (χ4n) is 1.36. The number of amidine groups is 1. The molecule has 0 bridgehead atoms.